The van der Waals surface area contributed by atoms with Crippen molar-refractivity contribution < 1.29 is 28.6 Å². The predicted molar refractivity (Wildman–Crippen MR) is 103 cm³/mol. The van der Waals surface area contributed by atoms with Gasteiger partial charge in [-0.05, 0) is 30.7 Å². The zero-order chi connectivity index (χ0) is 20.4. The monoisotopic (exact) mass is 393 g/mol. The maximum Gasteiger partial charge on any atom is 0.326 e. The second-order valence-electron chi connectivity index (χ2n) is 6.77. The van der Waals surface area contributed by atoms with E-state index in [9.17, 15) is 9.59 Å². The van der Waals surface area contributed by atoms with E-state index in [2.05, 4.69) is 4.98 Å². The molecular formula is C22H19NO6. The fourth-order valence-corrected chi connectivity index (χ4v) is 3.19. The van der Waals surface area contributed by atoms with Crippen molar-refractivity contribution in [3.63, 3.8) is 0 Å². The average Bonchev–Trinajstić information content (AvgIpc) is 3.08. The number of nitrogens with zero attached hydrogens (tertiary/aromatic N) is 1. The molecule has 0 fully saturated rings. The van der Waals surface area contributed by atoms with Gasteiger partial charge in [0, 0.05) is 24.5 Å². The zero-order valence-corrected chi connectivity index (χ0v) is 15.8. The number of aliphatic carboxylic acids is 1. The van der Waals surface area contributed by atoms with Gasteiger partial charge in [0.05, 0.1) is 12.3 Å². The molecule has 3 aromatic rings. The van der Waals surface area contributed by atoms with Crippen molar-refractivity contribution in [3.05, 3.63) is 65.5 Å². The molecule has 1 atom stereocenters. The molecule has 148 valence electrons. The Kier molecular flexibility index (Phi) is 5.03. The van der Waals surface area contributed by atoms with Gasteiger partial charge in [-0.2, -0.15) is 0 Å². The van der Waals surface area contributed by atoms with Crippen LogP contribution in [0.3, 0.4) is 0 Å². The van der Waals surface area contributed by atoms with Gasteiger partial charge in [0.25, 0.3) is 0 Å². The van der Waals surface area contributed by atoms with Crippen LogP contribution in [-0.2, 0) is 22.4 Å². The van der Waals surface area contributed by atoms with Gasteiger partial charge < -0.3 is 19.0 Å². The largest absolute Gasteiger partial charge is 0.493 e. The Labute approximate surface area is 166 Å². The molecule has 1 aromatic heterocycles. The molecule has 4 rings (SSSR count). The van der Waals surface area contributed by atoms with E-state index in [4.69, 9.17) is 19.0 Å². The molecule has 7 nitrogen and oxygen atoms in total. The molecule has 1 aliphatic rings. The van der Waals surface area contributed by atoms with Crippen LogP contribution >= 0.6 is 0 Å². The summed E-state index contributed by atoms with van der Waals surface area (Å²) in [7, 11) is 0. The first kappa shape index (κ1) is 18.7. The van der Waals surface area contributed by atoms with Crippen molar-refractivity contribution in [2.24, 2.45) is 5.92 Å². The molecule has 1 unspecified atom stereocenters. The van der Waals surface area contributed by atoms with Crippen LogP contribution in [0.15, 0.2) is 52.9 Å². The van der Waals surface area contributed by atoms with Crippen LogP contribution in [0.25, 0.3) is 11.5 Å². The number of aromatic nitrogens is 1. The standard InChI is InChI=1S/C22H19NO6/c1-13-18(23-20(28-13)14-5-3-2-4-6-14)9-10-27-16-8-7-15-11-17(21(24)25)22(26)29-19(15)12-16/h2-8,12,17H,9-11H2,1H3,(H,24,25). The second kappa shape index (κ2) is 7.79. The number of carboxylic acid groups (broad SMARTS) is 1. The summed E-state index contributed by atoms with van der Waals surface area (Å²) in [4.78, 5) is 27.4. The molecular weight excluding hydrogens is 374 g/mol. The summed E-state index contributed by atoms with van der Waals surface area (Å²) in [5.74, 6) is -0.905. The lowest BCUT2D eigenvalue weighted by Crippen LogP contribution is -2.33. The summed E-state index contributed by atoms with van der Waals surface area (Å²) in [6.45, 7) is 2.23. The highest BCUT2D eigenvalue weighted by Gasteiger charge is 2.34. The van der Waals surface area contributed by atoms with Gasteiger partial charge in [-0.25, -0.2) is 4.98 Å². The summed E-state index contributed by atoms with van der Waals surface area (Å²) in [6.07, 6.45) is 0.671. The van der Waals surface area contributed by atoms with Crippen LogP contribution in [0.1, 0.15) is 17.0 Å². The molecule has 0 bridgehead atoms. The van der Waals surface area contributed by atoms with Gasteiger partial charge in [-0.15, -0.1) is 0 Å². The lowest BCUT2D eigenvalue weighted by atomic mass is 9.96. The molecule has 0 radical (unpaired) electrons. The highest BCUT2D eigenvalue weighted by atomic mass is 16.5. The quantitative estimate of drug-likeness (QED) is 0.389. The zero-order valence-electron chi connectivity index (χ0n) is 15.8. The molecule has 0 saturated heterocycles. The molecule has 2 heterocycles. The minimum atomic E-state index is -1.18. The minimum Gasteiger partial charge on any atom is -0.493 e. The van der Waals surface area contributed by atoms with Crippen LogP contribution in [0.2, 0.25) is 0 Å². The molecule has 0 amide bonds. The fourth-order valence-electron chi connectivity index (χ4n) is 3.19. The van der Waals surface area contributed by atoms with E-state index in [1.54, 1.807) is 18.2 Å². The highest BCUT2D eigenvalue weighted by molar-refractivity contribution is 5.96. The summed E-state index contributed by atoms with van der Waals surface area (Å²) in [6, 6.07) is 14.7. The third-order valence-corrected chi connectivity index (χ3v) is 4.78. The smallest absolute Gasteiger partial charge is 0.326 e. The summed E-state index contributed by atoms with van der Waals surface area (Å²) >= 11 is 0. The van der Waals surface area contributed by atoms with Crippen molar-refractivity contribution in [3.8, 4) is 23.0 Å². The lowest BCUT2D eigenvalue weighted by Gasteiger charge is -2.21. The molecule has 29 heavy (non-hydrogen) atoms. The van der Waals surface area contributed by atoms with E-state index in [1.165, 1.54) is 0 Å². The molecule has 0 spiro atoms. The molecule has 0 aliphatic carbocycles. The van der Waals surface area contributed by atoms with Gasteiger partial charge >= 0.3 is 11.9 Å². The summed E-state index contributed by atoms with van der Waals surface area (Å²) in [5, 5.41) is 9.07. The number of benzene rings is 2. The highest BCUT2D eigenvalue weighted by Crippen LogP contribution is 2.32. The third kappa shape index (κ3) is 3.99. The topological polar surface area (TPSA) is 98.9 Å². The van der Waals surface area contributed by atoms with Crippen molar-refractivity contribution in [2.45, 2.75) is 19.8 Å². The van der Waals surface area contributed by atoms with E-state index < -0.39 is 17.9 Å². The van der Waals surface area contributed by atoms with Crippen molar-refractivity contribution in [1.29, 1.82) is 0 Å². The van der Waals surface area contributed by atoms with Crippen molar-refractivity contribution >= 4 is 11.9 Å². The van der Waals surface area contributed by atoms with Gasteiger partial charge in [0.15, 0.2) is 5.92 Å². The number of carboxylic acids is 1. The normalized spacial score (nSPS) is 15.5. The number of carbonyl (C=O) groups is 2. The van der Waals surface area contributed by atoms with Gasteiger partial charge in [-0.1, -0.05) is 24.3 Å². The van der Waals surface area contributed by atoms with Crippen LogP contribution in [0, 0.1) is 12.8 Å². The molecule has 7 heteroatoms. The number of esters is 1. The molecule has 2 aromatic carbocycles. The Balaban J connectivity index is 1.40. The number of oxazole rings is 1. The first-order chi connectivity index (χ1) is 14.0. The van der Waals surface area contributed by atoms with Gasteiger partial charge in [0.2, 0.25) is 5.89 Å². The number of rotatable bonds is 6. The first-order valence-electron chi connectivity index (χ1n) is 9.23. The maximum absolute atomic E-state index is 11.8. The van der Waals surface area contributed by atoms with E-state index >= 15 is 0 Å². The molecule has 1 N–H and O–H groups in total. The Bertz CT molecular complexity index is 1060. The summed E-state index contributed by atoms with van der Waals surface area (Å²) < 4.78 is 16.7. The summed E-state index contributed by atoms with van der Waals surface area (Å²) in [5.41, 5.74) is 2.40. The SMILES string of the molecule is Cc1oc(-c2ccccc2)nc1CCOc1ccc2c(c1)OC(=O)C(C(=O)O)C2. The number of hydrogen-bond donors (Lipinski definition) is 1. The van der Waals surface area contributed by atoms with Crippen LogP contribution < -0.4 is 9.47 Å². The lowest BCUT2D eigenvalue weighted by molar-refractivity contribution is -0.153. The van der Waals surface area contributed by atoms with Gasteiger partial charge in [-0.3, -0.25) is 9.59 Å². The number of aryl methyl sites for hydroxylation is 1. The van der Waals surface area contributed by atoms with E-state index in [0.29, 0.717) is 36.0 Å². The number of hydrogen-bond acceptors (Lipinski definition) is 6. The Hall–Kier alpha value is -3.61. The maximum atomic E-state index is 11.8. The van der Waals surface area contributed by atoms with E-state index in [0.717, 1.165) is 17.0 Å². The number of carbonyl (C=O) groups excluding carboxylic acids is 1. The number of ether oxygens (including phenoxy) is 2. The van der Waals surface area contributed by atoms with Crippen LogP contribution in [0.5, 0.6) is 11.5 Å². The van der Waals surface area contributed by atoms with Gasteiger partial charge in [0.1, 0.15) is 17.3 Å². The Morgan fingerprint density at radius 1 is 1.24 bits per heavy atom. The molecule has 0 saturated carbocycles. The minimum absolute atomic E-state index is 0.115. The fraction of sp³-hybridized carbons (Fsp3) is 0.227. The predicted octanol–water partition coefficient (Wildman–Crippen LogP) is 3.43. The Morgan fingerprint density at radius 3 is 2.79 bits per heavy atom. The molecule has 1 aliphatic heterocycles. The average molecular weight is 393 g/mol. The van der Waals surface area contributed by atoms with Crippen molar-refractivity contribution in [2.75, 3.05) is 6.61 Å². The number of fused-ring (bicyclic) bond motifs is 1. The Morgan fingerprint density at radius 2 is 2.03 bits per heavy atom. The van der Waals surface area contributed by atoms with Crippen molar-refractivity contribution in [1.82, 2.24) is 4.98 Å². The van der Waals surface area contributed by atoms with Crippen LogP contribution in [-0.4, -0.2) is 28.6 Å². The van der Waals surface area contributed by atoms with Crippen LogP contribution in [0.4, 0.5) is 0 Å². The second-order valence-corrected chi connectivity index (χ2v) is 6.77. The third-order valence-electron chi connectivity index (χ3n) is 4.78. The van der Waals surface area contributed by atoms with E-state index in [-0.39, 0.29) is 6.42 Å². The first-order valence-corrected chi connectivity index (χ1v) is 9.23. The van der Waals surface area contributed by atoms with E-state index in [1.807, 2.05) is 37.3 Å².